The van der Waals surface area contributed by atoms with Crippen molar-refractivity contribution in [3.8, 4) is 5.88 Å². The summed E-state index contributed by atoms with van der Waals surface area (Å²) in [6.45, 7) is 10.2. The van der Waals surface area contributed by atoms with Crippen LogP contribution in [0.3, 0.4) is 0 Å². The summed E-state index contributed by atoms with van der Waals surface area (Å²) in [5, 5.41) is 9.63. The quantitative estimate of drug-likeness (QED) is 0.817. The number of nitrogens with zero attached hydrogens (tertiary/aromatic N) is 3. The second-order valence-electron chi connectivity index (χ2n) is 5.04. The largest absolute Gasteiger partial charge is 0.474 e. The molecule has 20 heavy (non-hydrogen) atoms. The minimum atomic E-state index is -0.921. The first-order valence-corrected chi connectivity index (χ1v) is 6.19. The molecule has 6 nitrogen and oxygen atoms in total. The van der Waals surface area contributed by atoms with E-state index < -0.39 is 5.60 Å². The monoisotopic (exact) mass is 272 g/mol. The maximum absolute atomic E-state index is 9.63. The molecule has 2 heterocycles. The van der Waals surface area contributed by atoms with Crippen molar-refractivity contribution in [2.75, 3.05) is 6.61 Å². The number of aromatic nitrogens is 3. The zero-order valence-electron chi connectivity index (χ0n) is 11.4. The van der Waals surface area contributed by atoms with Crippen molar-refractivity contribution in [2.45, 2.75) is 25.9 Å². The Bertz CT molecular complexity index is 662. The fourth-order valence-corrected chi connectivity index (χ4v) is 1.63. The van der Waals surface area contributed by atoms with E-state index >= 15 is 0 Å². The minimum Gasteiger partial charge on any atom is -0.474 e. The van der Waals surface area contributed by atoms with Crippen molar-refractivity contribution in [1.82, 2.24) is 15.0 Å². The first kappa shape index (κ1) is 14.0. The summed E-state index contributed by atoms with van der Waals surface area (Å²) in [4.78, 5) is 14.8. The van der Waals surface area contributed by atoms with Gasteiger partial charge in [0.15, 0.2) is 11.8 Å². The van der Waals surface area contributed by atoms with E-state index in [-0.39, 0.29) is 6.61 Å². The molecule has 0 bridgehead atoms. The predicted octanol–water partition coefficient (Wildman–Crippen LogP) is 2.08. The molecule has 2 aromatic rings. The molecule has 0 fully saturated rings. The molecule has 0 amide bonds. The number of aliphatic hydroxyl groups is 1. The van der Waals surface area contributed by atoms with Crippen molar-refractivity contribution in [3.05, 3.63) is 41.7 Å². The average Bonchev–Trinajstić information content (AvgIpc) is 2.79. The van der Waals surface area contributed by atoms with Crippen LogP contribution in [0.2, 0.25) is 0 Å². The second-order valence-corrected chi connectivity index (χ2v) is 5.04. The molecule has 0 saturated carbocycles. The SMILES string of the molecule is [C-]#[N+]/C=C\Cc1c[nH]c2ncc(OCC(C)(C)O)nc12. The van der Waals surface area contributed by atoms with Gasteiger partial charge in [-0.25, -0.2) is 14.8 Å². The fourth-order valence-electron chi connectivity index (χ4n) is 1.63. The maximum atomic E-state index is 9.63. The Balaban J connectivity index is 2.21. The number of H-pyrrole nitrogens is 1. The van der Waals surface area contributed by atoms with Crippen LogP contribution in [0.15, 0.2) is 24.7 Å². The van der Waals surface area contributed by atoms with Crippen LogP contribution in [0.4, 0.5) is 0 Å². The third-order valence-corrected chi connectivity index (χ3v) is 2.53. The summed E-state index contributed by atoms with van der Waals surface area (Å²) < 4.78 is 5.42. The van der Waals surface area contributed by atoms with Crippen molar-refractivity contribution >= 4 is 11.2 Å². The first-order valence-electron chi connectivity index (χ1n) is 6.19. The molecule has 2 N–H and O–H groups in total. The molecular formula is C14H16N4O2. The summed E-state index contributed by atoms with van der Waals surface area (Å²) in [5.41, 5.74) is 1.41. The molecule has 0 aromatic carbocycles. The van der Waals surface area contributed by atoms with Gasteiger partial charge in [0.25, 0.3) is 0 Å². The third kappa shape index (κ3) is 3.56. The summed E-state index contributed by atoms with van der Waals surface area (Å²) >= 11 is 0. The van der Waals surface area contributed by atoms with Crippen LogP contribution in [0.1, 0.15) is 19.4 Å². The Morgan fingerprint density at radius 2 is 2.35 bits per heavy atom. The van der Waals surface area contributed by atoms with Crippen LogP contribution in [-0.2, 0) is 6.42 Å². The highest BCUT2D eigenvalue weighted by molar-refractivity contribution is 5.75. The lowest BCUT2D eigenvalue weighted by Crippen LogP contribution is -2.28. The molecule has 0 unspecified atom stereocenters. The van der Waals surface area contributed by atoms with Gasteiger partial charge in [0.2, 0.25) is 5.88 Å². The maximum Gasteiger partial charge on any atom is 0.233 e. The van der Waals surface area contributed by atoms with Gasteiger partial charge in [0.05, 0.1) is 18.4 Å². The third-order valence-electron chi connectivity index (χ3n) is 2.53. The van der Waals surface area contributed by atoms with Gasteiger partial charge in [-0.05, 0) is 20.3 Å². The van der Waals surface area contributed by atoms with Crippen LogP contribution in [0, 0.1) is 6.57 Å². The van der Waals surface area contributed by atoms with E-state index in [9.17, 15) is 5.11 Å². The molecule has 6 heteroatoms. The number of allylic oxidation sites excluding steroid dienone is 1. The second kappa shape index (κ2) is 5.72. The molecule has 104 valence electrons. The molecule has 0 aliphatic heterocycles. The zero-order chi connectivity index (χ0) is 14.6. The number of nitrogens with one attached hydrogen (secondary N) is 1. The summed E-state index contributed by atoms with van der Waals surface area (Å²) in [6, 6.07) is 0. The first-order chi connectivity index (χ1) is 9.49. The van der Waals surface area contributed by atoms with Crippen LogP contribution < -0.4 is 4.74 Å². The number of hydrogen-bond acceptors (Lipinski definition) is 4. The smallest absolute Gasteiger partial charge is 0.233 e. The van der Waals surface area contributed by atoms with Crippen molar-refractivity contribution in [2.24, 2.45) is 0 Å². The van der Waals surface area contributed by atoms with E-state index in [1.54, 1.807) is 19.9 Å². The van der Waals surface area contributed by atoms with Gasteiger partial charge in [-0.1, -0.05) is 6.08 Å². The topological polar surface area (TPSA) is 75.4 Å². The summed E-state index contributed by atoms with van der Waals surface area (Å²) in [7, 11) is 0. The Labute approximate surface area is 117 Å². The van der Waals surface area contributed by atoms with E-state index in [2.05, 4.69) is 19.8 Å². The van der Waals surface area contributed by atoms with Crippen LogP contribution in [-0.4, -0.2) is 32.3 Å². The van der Waals surface area contributed by atoms with Crippen molar-refractivity contribution in [3.63, 3.8) is 0 Å². The van der Waals surface area contributed by atoms with E-state index in [1.165, 1.54) is 12.4 Å². The standard InChI is InChI=1S/C14H16N4O2/c1-14(2,19)9-20-11-8-17-13-12(18-11)10(7-16-13)5-4-6-15-3/h4,6-8,19H,5,9H2,1-2H3,(H,16,17)/b6-4-. The predicted molar refractivity (Wildman–Crippen MR) is 75.1 cm³/mol. The normalized spacial score (nSPS) is 11.9. The van der Waals surface area contributed by atoms with E-state index in [1.807, 2.05) is 6.20 Å². The van der Waals surface area contributed by atoms with E-state index in [0.717, 1.165) is 5.56 Å². The lowest BCUT2D eigenvalue weighted by Gasteiger charge is -2.16. The Morgan fingerprint density at radius 3 is 3.05 bits per heavy atom. The fraction of sp³-hybridized carbons (Fsp3) is 0.357. The van der Waals surface area contributed by atoms with Crippen LogP contribution in [0.25, 0.3) is 16.0 Å². The number of rotatable bonds is 5. The molecular weight excluding hydrogens is 256 g/mol. The molecule has 2 aromatic heterocycles. The van der Waals surface area contributed by atoms with Gasteiger partial charge >= 0.3 is 0 Å². The van der Waals surface area contributed by atoms with Crippen molar-refractivity contribution < 1.29 is 9.84 Å². The highest BCUT2D eigenvalue weighted by atomic mass is 16.5. The molecule has 2 rings (SSSR count). The average molecular weight is 272 g/mol. The number of fused-ring (bicyclic) bond motifs is 1. The number of hydrogen-bond donors (Lipinski definition) is 2. The Morgan fingerprint density at radius 1 is 1.55 bits per heavy atom. The Hall–Kier alpha value is -2.39. The molecule has 0 spiro atoms. The van der Waals surface area contributed by atoms with Gasteiger partial charge < -0.3 is 14.8 Å². The van der Waals surface area contributed by atoms with Gasteiger partial charge in [-0.3, -0.25) is 0 Å². The molecule has 0 aliphatic rings. The Kier molecular flexibility index (Phi) is 4.01. The van der Waals surface area contributed by atoms with Crippen LogP contribution in [0.5, 0.6) is 5.88 Å². The molecule has 0 atom stereocenters. The van der Waals surface area contributed by atoms with E-state index in [0.29, 0.717) is 23.5 Å². The zero-order valence-corrected chi connectivity index (χ0v) is 11.4. The lowest BCUT2D eigenvalue weighted by atomic mass is 10.2. The van der Waals surface area contributed by atoms with Gasteiger partial charge in [-0.15, -0.1) is 0 Å². The molecule has 0 aliphatic carbocycles. The minimum absolute atomic E-state index is 0.143. The molecule has 0 radical (unpaired) electrons. The lowest BCUT2D eigenvalue weighted by molar-refractivity contribution is 0.0268. The molecule has 0 saturated heterocycles. The van der Waals surface area contributed by atoms with Gasteiger partial charge in [-0.2, -0.15) is 0 Å². The van der Waals surface area contributed by atoms with Gasteiger partial charge in [0, 0.05) is 11.8 Å². The summed E-state index contributed by atoms with van der Waals surface area (Å²) in [6.07, 6.45) is 7.12. The van der Waals surface area contributed by atoms with E-state index in [4.69, 9.17) is 11.3 Å². The van der Waals surface area contributed by atoms with Crippen LogP contribution >= 0.6 is 0 Å². The number of aromatic amines is 1. The highest BCUT2D eigenvalue weighted by Gasteiger charge is 2.14. The van der Waals surface area contributed by atoms with Gasteiger partial charge in [0.1, 0.15) is 12.1 Å². The number of ether oxygens (including phenoxy) is 1. The summed E-state index contributed by atoms with van der Waals surface area (Å²) in [5.74, 6) is 0.370. The van der Waals surface area contributed by atoms with Crippen molar-refractivity contribution in [1.29, 1.82) is 0 Å². The highest BCUT2D eigenvalue weighted by Crippen LogP contribution is 2.18.